The maximum Gasteiger partial charge on any atom is 0.300 e. The Labute approximate surface area is 100 Å². The summed E-state index contributed by atoms with van der Waals surface area (Å²) >= 11 is 0. The van der Waals surface area contributed by atoms with Crippen molar-refractivity contribution in [3.8, 4) is 0 Å². The lowest BCUT2D eigenvalue weighted by Gasteiger charge is -2.08. The van der Waals surface area contributed by atoms with Gasteiger partial charge in [0.15, 0.2) is 0 Å². The van der Waals surface area contributed by atoms with Crippen LogP contribution in [0.25, 0.3) is 0 Å². The molecule has 18 heavy (non-hydrogen) atoms. The molecule has 9 heteroatoms. The number of amides is 1. The fourth-order valence-electron chi connectivity index (χ4n) is 1.64. The number of benzene rings is 1. The molecule has 1 heterocycles. The number of nitro groups is 2. The average Bonchev–Trinajstić information content (AvgIpc) is 3.10. The number of nitro benzene ring substituents is 2. The smallest absolute Gasteiger partial charge is 0.300 e. The van der Waals surface area contributed by atoms with Crippen molar-refractivity contribution in [1.82, 2.24) is 0 Å². The van der Waals surface area contributed by atoms with Gasteiger partial charge in [0.2, 0.25) is 0 Å². The van der Waals surface area contributed by atoms with E-state index in [4.69, 9.17) is 5.73 Å². The van der Waals surface area contributed by atoms with Gasteiger partial charge >= 0.3 is 0 Å². The molecule has 1 aromatic carbocycles. The summed E-state index contributed by atoms with van der Waals surface area (Å²) in [6.07, 6.45) is 0. The SMILES string of the molecule is NC(=O)c1cc([N+](=O)[O-])cc([N+](=O)[O-])c1N1CC1. The summed E-state index contributed by atoms with van der Waals surface area (Å²) in [6, 6.07) is 1.79. The van der Waals surface area contributed by atoms with Crippen molar-refractivity contribution < 1.29 is 14.6 Å². The average molecular weight is 252 g/mol. The largest absolute Gasteiger partial charge is 0.366 e. The molecule has 2 rings (SSSR count). The normalized spacial score (nSPS) is 13.2. The highest BCUT2D eigenvalue weighted by atomic mass is 16.6. The van der Waals surface area contributed by atoms with E-state index in [1.165, 1.54) is 0 Å². The van der Waals surface area contributed by atoms with Crippen molar-refractivity contribution in [3.63, 3.8) is 0 Å². The molecule has 0 aromatic heterocycles. The van der Waals surface area contributed by atoms with Crippen molar-refractivity contribution >= 4 is 23.0 Å². The third-order valence-corrected chi connectivity index (χ3v) is 2.51. The predicted molar refractivity (Wildman–Crippen MR) is 60.5 cm³/mol. The topological polar surface area (TPSA) is 132 Å². The van der Waals surface area contributed by atoms with Gasteiger partial charge in [-0.1, -0.05) is 0 Å². The number of primary amides is 1. The number of rotatable bonds is 4. The molecule has 1 aliphatic rings. The van der Waals surface area contributed by atoms with Crippen LogP contribution >= 0.6 is 0 Å². The second-order valence-electron chi connectivity index (χ2n) is 3.73. The first kappa shape index (κ1) is 11.8. The van der Waals surface area contributed by atoms with Crippen molar-refractivity contribution in [3.05, 3.63) is 37.9 Å². The van der Waals surface area contributed by atoms with E-state index < -0.39 is 27.1 Å². The van der Waals surface area contributed by atoms with Gasteiger partial charge in [-0.15, -0.1) is 0 Å². The van der Waals surface area contributed by atoms with Gasteiger partial charge in [-0.25, -0.2) is 0 Å². The summed E-state index contributed by atoms with van der Waals surface area (Å²) in [6.45, 7) is 1.11. The molecule has 1 saturated heterocycles. The van der Waals surface area contributed by atoms with Gasteiger partial charge in [-0.3, -0.25) is 25.0 Å². The molecule has 0 aliphatic carbocycles. The summed E-state index contributed by atoms with van der Waals surface area (Å²) in [4.78, 5) is 32.8. The first-order chi connectivity index (χ1) is 8.41. The van der Waals surface area contributed by atoms with Crippen molar-refractivity contribution in [2.24, 2.45) is 5.73 Å². The van der Waals surface area contributed by atoms with Crippen LogP contribution < -0.4 is 10.6 Å². The van der Waals surface area contributed by atoms with Gasteiger partial charge in [0, 0.05) is 19.2 Å². The van der Waals surface area contributed by atoms with Crippen LogP contribution in [-0.2, 0) is 0 Å². The van der Waals surface area contributed by atoms with E-state index in [-0.39, 0.29) is 11.3 Å². The number of carbonyl (C=O) groups excluding carboxylic acids is 1. The number of nitrogens with zero attached hydrogens (tertiary/aromatic N) is 3. The van der Waals surface area contributed by atoms with Crippen LogP contribution in [0.15, 0.2) is 12.1 Å². The number of hydrogen-bond acceptors (Lipinski definition) is 6. The van der Waals surface area contributed by atoms with E-state index in [2.05, 4.69) is 0 Å². The quantitative estimate of drug-likeness (QED) is 0.469. The Hall–Kier alpha value is -2.71. The number of nitrogens with two attached hydrogens (primary N) is 1. The Kier molecular flexibility index (Phi) is 2.58. The molecule has 9 nitrogen and oxygen atoms in total. The van der Waals surface area contributed by atoms with Crippen molar-refractivity contribution in [2.75, 3.05) is 18.0 Å². The number of non-ortho nitro benzene ring substituents is 1. The van der Waals surface area contributed by atoms with Crippen LogP contribution in [0.5, 0.6) is 0 Å². The summed E-state index contributed by atoms with van der Waals surface area (Å²) in [5, 5.41) is 21.6. The molecule has 0 unspecified atom stereocenters. The fraction of sp³-hybridized carbons (Fsp3) is 0.222. The Balaban J connectivity index is 2.71. The van der Waals surface area contributed by atoms with Crippen LogP contribution in [0.1, 0.15) is 10.4 Å². The molecule has 0 saturated carbocycles. The van der Waals surface area contributed by atoms with Gasteiger partial charge in [0.25, 0.3) is 17.3 Å². The third kappa shape index (κ3) is 1.93. The maximum absolute atomic E-state index is 11.3. The van der Waals surface area contributed by atoms with Crippen LogP contribution in [0.2, 0.25) is 0 Å². The highest BCUT2D eigenvalue weighted by molar-refractivity contribution is 6.02. The minimum absolute atomic E-state index is 0.0538. The predicted octanol–water partition coefficient (Wildman–Crippen LogP) is 0.422. The fourth-order valence-corrected chi connectivity index (χ4v) is 1.64. The van der Waals surface area contributed by atoms with Crippen molar-refractivity contribution in [2.45, 2.75) is 0 Å². The number of hydrogen-bond donors (Lipinski definition) is 1. The van der Waals surface area contributed by atoms with E-state index in [1.807, 2.05) is 0 Å². The molecule has 0 bridgehead atoms. The van der Waals surface area contributed by atoms with Gasteiger partial charge in [0.1, 0.15) is 5.69 Å². The number of carbonyl (C=O) groups is 1. The Bertz CT molecular complexity index is 531. The number of anilines is 1. The molecule has 94 valence electrons. The van der Waals surface area contributed by atoms with Crippen LogP contribution in [0.3, 0.4) is 0 Å². The highest BCUT2D eigenvalue weighted by Crippen LogP contribution is 2.38. The lowest BCUT2D eigenvalue weighted by molar-refractivity contribution is -0.393. The first-order valence-electron chi connectivity index (χ1n) is 4.93. The molecule has 0 spiro atoms. The van der Waals surface area contributed by atoms with E-state index in [9.17, 15) is 25.0 Å². The Morgan fingerprint density at radius 3 is 2.22 bits per heavy atom. The monoisotopic (exact) mass is 252 g/mol. The summed E-state index contributed by atoms with van der Waals surface area (Å²) in [7, 11) is 0. The van der Waals surface area contributed by atoms with E-state index >= 15 is 0 Å². The molecule has 0 radical (unpaired) electrons. The molecule has 0 atom stereocenters. The Morgan fingerprint density at radius 2 is 1.83 bits per heavy atom. The van der Waals surface area contributed by atoms with E-state index in [0.717, 1.165) is 12.1 Å². The molecule has 1 aliphatic heterocycles. The zero-order valence-corrected chi connectivity index (χ0v) is 9.03. The van der Waals surface area contributed by atoms with Gasteiger partial charge in [-0.05, 0) is 0 Å². The van der Waals surface area contributed by atoms with Gasteiger partial charge in [-0.2, -0.15) is 0 Å². The Morgan fingerprint density at radius 1 is 1.22 bits per heavy atom. The van der Waals surface area contributed by atoms with Crippen molar-refractivity contribution in [1.29, 1.82) is 0 Å². The molecule has 2 N–H and O–H groups in total. The molecule has 1 aromatic rings. The second-order valence-corrected chi connectivity index (χ2v) is 3.73. The minimum atomic E-state index is -0.927. The molecular weight excluding hydrogens is 244 g/mol. The maximum atomic E-state index is 11.3. The minimum Gasteiger partial charge on any atom is -0.366 e. The van der Waals surface area contributed by atoms with Crippen LogP contribution in [0, 0.1) is 20.2 Å². The molecule has 1 amide bonds. The summed E-state index contributed by atoms with van der Waals surface area (Å²) < 4.78 is 0. The zero-order valence-electron chi connectivity index (χ0n) is 9.03. The van der Waals surface area contributed by atoms with E-state index in [0.29, 0.717) is 13.1 Å². The lowest BCUT2D eigenvalue weighted by Crippen LogP contribution is -2.15. The van der Waals surface area contributed by atoms with Gasteiger partial charge < -0.3 is 10.6 Å². The molecule has 1 fully saturated rings. The molecular formula is C9H8N4O5. The zero-order chi connectivity index (χ0) is 13.4. The summed E-state index contributed by atoms with van der Waals surface area (Å²) in [5.74, 6) is -0.927. The summed E-state index contributed by atoms with van der Waals surface area (Å²) in [5.41, 5.74) is 3.96. The third-order valence-electron chi connectivity index (χ3n) is 2.51. The van der Waals surface area contributed by atoms with Crippen LogP contribution in [0.4, 0.5) is 17.1 Å². The first-order valence-corrected chi connectivity index (χ1v) is 4.93. The second kappa shape index (κ2) is 3.95. The van der Waals surface area contributed by atoms with Crippen LogP contribution in [-0.4, -0.2) is 28.8 Å². The highest BCUT2D eigenvalue weighted by Gasteiger charge is 2.34. The van der Waals surface area contributed by atoms with Gasteiger partial charge in [0.05, 0.1) is 21.5 Å². The standard InChI is InChI=1S/C9H8N4O5/c10-9(14)6-3-5(12(15)16)4-7(13(17)18)8(6)11-1-2-11/h3-4H,1-2H2,(H2,10,14). The lowest BCUT2D eigenvalue weighted by atomic mass is 10.1. The van der Waals surface area contributed by atoms with E-state index in [1.54, 1.807) is 4.90 Å².